The van der Waals surface area contributed by atoms with E-state index in [0.29, 0.717) is 26.3 Å². The van der Waals surface area contributed by atoms with Gasteiger partial charge in [0, 0.05) is 24.2 Å². The average molecular weight is 460 g/mol. The van der Waals surface area contributed by atoms with Crippen molar-refractivity contribution >= 4 is 46.9 Å². The van der Waals surface area contributed by atoms with E-state index in [2.05, 4.69) is 10.4 Å². The van der Waals surface area contributed by atoms with Crippen molar-refractivity contribution in [2.45, 2.75) is 0 Å². The van der Waals surface area contributed by atoms with Crippen molar-refractivity contribution in [3.63, 3.8) is 0 Å². The predicted molar refractivity (Wildman–Crippen MR) is 116 cm³/mol. The molecule has 3 rings (SSSR count). The molecule has 1 saturated heterocycles. The highest BCUT2D eigenvalue weighted by molar-refractivity contribution is 6.40. The highest BCUT2D eigenvalue weighted by Crippen LogP contribution is 2.21. The molecule has 0 atom stereocenters. The van der Waals surface area contributed by atoms with Crippen LogP contribution in [0.5, 0.6) is 0 Å². The van der Waals surface area contributed by atoms with Gasteiger partial charge in [0.15, 0.2) is 0 Å². The van der Waals surface area contributed by atoms with Crippen LogP contribution in [0.15, 0.2) is 47.6 Å². The van der Waals surface area contributed by atoms with Crippen LogP contribution in [0.2, 0.25) is 5.02 Å². The SMILES string of the molecule is O=C(NN=Cc1cc(Cl)ccc1[N+](=O)[O-])C(=O)Nc1ccccc1C(=O)N1CCOCC1. The van der Waals surface area contributed by atoms with Crippen LogP contribution in [-0.2, 0) is 14.3 Å². The summed E-state index contributed by atoms with van der Waals surface area (Å²) >= 11 is 5.83. The lowest BCUT2D eigenvalue weighted by molar-refractivity contribution is -0.385. The predicted octanol–water partition coefficient (Wildman–Crippen LogP) is 1.81. The molecule has 32 heavy (non-hydrogen) atoms. The largest absolute Gasteiger partial charge is 0.378 e. The second-order valence-corrected chi connectivity index (χ2v) is 7.00. The van der Waals surface area contributed by atoms with Crippen molar-refractivity contribution in [2.75, 3.05) is 31.6 Å². The first-order valence-electron chi connectivity index (χ1n) is 9.41. The van der Waals surface area contributed by atoms with Crippen molar-refractivity contribution in [1.82, 2.24) is 10.3 Å². The maximum absolute atomic E-state index is 12.7. The minimum Gasteiger partial charge on any atom is -0.378 e. The number of nitrogens with one attached hydrogen (secondary N) is 2. The third-order valence-electron chi connectivity index (χ3n) is 4.47. The van der Waals surface area contributed by atoms with Crippen molar-refractivity contribution in [3.8, 4) is 0 Å². The lowest BCUT2D eigenvalue weighted by Gasteiger charge is -2.27. The maximum atomic E-state index is 12.7. The number of amides is 3. The van der Waals surface area contributed by atoms with Gasteiger partial charge in [-0.15, -0.1) is 0 Å². The third-order valence-corrected chi connectivity index (χ3v) is 4.70. The Hall–Kier alpha value is -3.83. The number of hydrogen-bond donors (Lipinski definition) is 2. The van der Waals surface area contributed by atoms with Gasteiger partial charge in [-0.3, -0.25) is 24.5 Å². The monoisotopic (exact) mass is 459 g/mol. The molecule has 0 bridgehead atoms. The second kappa shape index (κ2) is 10.5. The smallest absolute Gasteiger partial charge is 0.329 e. The number of nitro groups is 1. The Balaban J connectivity index is 1.66. The van der Waals surface area contributed by atoms with Crippen molar-refractivity contribution < 1.29 is 24.0 Å². The topological polar surface area (TPSA) is 143 Å². The quantitative estimate of drug-likeness (QED) is 0.302. The molecule has 2 aromatic rings. The van der Waals surface area contributed by atoms with Crippen LogP contribution < -0.4 is 10.7 Å². The fourth-order valence-electron chi connectivity index (χ4n) is 2.90. The lowest BCUT2D eigenvalue weighted by atomic mass is 10.1. The molecule has 0 aromatic heterocycles. The summed E-state index contributed by atoms with van der Waals surface area (Å²) in [5.41, 5.74) is 2.16. The number of anilines is 1. The van der Waals surface area contributed by atoms with Gasteiger partial charge < -0.3 is 15.0 Å². The summed E-state index contributed by atoms with van der Waals surface area (Å²) in [6, 6.07) is 10.1. The van der Waals surface area contributed by atoms with Gasteiger partial charge in [-0.05, 0) is 24.3 Å². The number of para-hydroxylation sites is 1. The van der Waals surface area contributed by atoms with Crippen LogP contribution in [0.3, 0.4) is 0 Å². The van der Waals surface area contributed by atoms with Gasteiger partial charge in [0.2, 0.25) is 0 Å². The Bertz CT molecular complexity index is 1080. The molecule has 2 aromatic carbocycles. The summed E-state index contributed by atoms with van der Waals surface area (Å²) in [6.07, 6.45) is 1.01. The number of nitrogens with zero attached hydrogens (tertiary/aromatic N) is 3. The van der Waals surface area contributed by atoms with Gasteiger partial charge in [-0.25, -0.2) is 5.43 Å². The van der Waals surface area contributed by atoms with Gasteiger partial charge >= 0.3 is 11.8 Å². The summed E-state index contributed by atoms with van der Waals surface area (Å²) < 4.78 is 5.23. The molecule has 166 valence electrons. The molecule has 2 N–H and O–H groups in total. The number of hydrogen-bond acceptors (Lipinski definition) is 7. The molecule has 1 aliphatic heterocycles. The van der Waals surface area contributed by atoms with Gasteiger partial charge in [0.1, 0.15) is 0 Å². The van der Waals surface area contributed by atoms with E-state index in [1.54, 1.807) is 23.1 Å². The van der Waals surface area contributed by atoms with E-state index in [-0.39, 0.29) is 33.4 Å². The number of benzene rings is 2. The van der Waals surface area contributed by atoms with Crippen molar-refractivity contribution in [2.24, 2.45) is 5.10 Å². The fraction of sp³-hybridized carbons (Fsp3) is 0.200. The molecular weight excluding hydrogens is 442 g/mol. The van der Waals surface area contributed by atoms with E-state index in [4.69, 9.17) is 16.3 Å². The highest BCUT2D eigenvalue weighted by Gasteiger charge is 2.23. The molecule has 0 spiro atoms. The Morgan fingerprint density at radius 3 is 2.56 bits per heavy atom. The zero-order valence-corrected chi connectivity index (χ0v) is 17.4. The maximum Gasteiger partial charge on any atom is 0.329 e. The number of rotatable bonds is 5. The first-order chi connectivity index (χ1) is 15.4. The Morgan fingerprint density at radius 2 is 1.84 bits per heavy atom. The molecule has 1 aliphatic rings. The van der Waals surface area contributed by atoms with Gasteiger partial charge in [-0.2, -0.15) is 5.10 Å². The molecule has 0 aliphatic carbocycles. The van der Waals surface area contributed by atoms with Crippen LogP contribution in [0, 0.1) is 10.1 Å². The molecule has 0 saturated carbocycles. The molecule has 0 radical (unpaired) electrons. The number of carbonyl (C=O) groups is 3. The lowest BCUT2D eigenvalue weighted by Crippen LogP contribution is -2.41. The summed E-state index contributed by atoms with van der Waals surface area (Å²) in [5, 5.41) is 17.3. The van der Waals surface area contributed by atoms with Gasteiger partial charge in [-0.1, -0.05) is 23.7 Å². The van der Waals surface area contributed by atoms with E-state index in [9.17, 15) is 24.5 Å². The van der Waals surface area contributed by atoms with Crippen LogP contribution in [0.25, 0.3) is 0 Å². The van der Waals surface area contributed by atoms with E-state index in [1.165, 1.54) is 24.3 Å². The summed E-state index contributed by atoms with van der Waals surface area (Å²) in [7, 11) is 0. The first kappa shape index (κ1) is 22.8. The normalized spacial score (nSPS) is 13.6. The summed E-state index contributed by atoms with van der Waals surface area (Å²) in [6.45, 7) is 1.69. The fourth-order valence-corrected chi connectivity index (χ4v) is 3.08. The van der Waals surface area contributed by atoms with Gasteiger partial charge in [0.05, 0.1) is 41.2 Å². The number of morpholine rings is 1. The molecule has 3 amide bonds. The summed E-state index contributed by atoms with van der Waals surface area (Å²) in [4.78, 5) is 49.1. The first-order valence-corrected chi connectivity index (χ1v) is 9.79. The number of hydrazone groups is 1. The highest BCUT2D eigenvalue weighted by atomic mass is 35.5. The molecule has 1 fully saturated rings. The van der Waals surface area contributed by atoms with Gasteiger partial charge in [0.25, 0.3) is 11.6 Å². The minimum absolute atomic E-state index is 0.0460. The van der Waals surface area contributed by atoms with Crippen molar-refractivity contribution in [3.05, 3.63) is 68.7 Å². The number of nitro benzene ring substituents is 1. The Labute approximate surface area is 187 Å². The van der Waals surface area contributed by atoms with E-state index < -0.39 is 16.7 Å². The zero-order chi connectivity index (χ0) is 23.1. The molecule has 12 heteroatoms. The minimum atomic E-state index is -1.13. The number of carbonyl (C=O) groups excluding carboxylic acids is 3. The van der Waals surface area contributed by atoms with Crippen LogP contribution in [0.1, 0.15) is 15.9 Å². The number of halogens is 1. The molecule has 11 nitrogen and oxygen atoms in total. The molecule has 0 unspecified atom stereocenters. The zero-order valence-electron chi connectivity index (χ0n) is 16.6. The molecule has 1 heterocycles. The van der Waals surface area contributed by atoms with Crippen LogP contribution >= 0.6 is 11.6 Å². The standard InChI is InChI=1S/C20H18ClN5O6/c21-14-5-6-17(26(30)31)13(11-14)12-22-24-19(28)18(27)23-16-4-2-1-3-15(16)20(29)25-7-9-32-10-8-25/h1-6,11-12H,7-10H2,(H,23,27)(H,24,28). The summed E-state index contributed by atoms with van der Waals surface area (Å²) in [5.74, 6) is -2.49. The third kappa shape index (κ3) is 5.65. The van der Waals surface area contributed by atoms with Crippen molar-refractivity contribution in [1.29, 1.82) is 0 Å². The molecular formula is C20H18ClN5O6. The van der Waals surface area contributed by atoms with Crippen LogP contribution in [-0.4, -0.2) is 60.1 Å². The van der Waals surface area contributed by atoms with E-state index in [1.807, 2.05) is 5.43 Å². The van der Waals surface area contributed by atoms with E-state index >= 15 is 0 Å². The second-order valence-electron chi connectivity index (χ2n) is 6.56. The Kier molecular flexibility index (Phi) is 7.47. The van der Waals surface area contributed by atoms with Crippen LogP contribution in [0.4, 0.5) is 11.4 Å². The Morgan fingerprint density at radius 1 is 1.12 bits per heavy atom. The van der Waals surface area contributed by atoms with E-state index in [0.717, 1.165) is 6.21 Å². The number of ether oxygens (including phenoxy) is 1. The average Bonchev–Trinajstić information content (AvgIpc) is 2.79.